The van der Waals surface area contributed by atoms with Crippen LogP contribution in [0.1, 0.15) is 0 Å². The fourth-order valence-corrected chi connectivity index (χ4v) is 2.79. The van der Waals surface area contributed by atoms with Gasteiger partial charge in [-0.2, -0.15) is 0 Å². The number of hydrogen-bond acceptors (Lipinski definition) is 6. The van der Waals surface area contributed by atoms with Gasteiger partial charge in [0.2, 0.25) is 5.13 Å². The van der Waals surface area contributed by atoms with Gasteiger partial charge < -0.3 is 0 Å². The molecule has 0 amide bonds. The molecule has 1 aromatic carbocycles. The van der Waals surface area contributed by atoms with Crippen LogP contribution in [-0.4, -0.2) is 17.7 Å². The Kier molecular flexibility index (Phi) is 2.33. The number of nitrogens with zero attached hydrogens (tertiary/aromatic N) is 4. The Morgan fingerprint density at radius 2 is 2.25 bits per heavy atom. The normalized spacial score (nSPS) is 14.4. The smallest absolute Gasteiger partial charge is 0.211 e. The maximum atomic E-state index is 4.49. The van der Waals surface area contributed by atoms with Gasteiger partial charge in [0.1, 0.15) is 12.7 Å². The summed E-state index contributed by atoms with van der Waals surface area (Å²) in [6.45, 7) is 0. The van der Waals surface area contributed by atoms with Crippen molar-refractivity contribution in [2.45, 2.75) is 0 Å². The number of hydrogen-bond donors (Lipinski definition) is 1. The molecule has 7 heteroatoms. The quantitative estimate of drug-likeness (QED) is 0.879. The molecule has 16 heavy (non-hydrogen) atoms. The molecule has 0 bridgehead atoms. The van der Waals surface area contributed by atoms with Crippen LogP contribution in [-0.2, 0) is 0 Å². The largest absolute Gasteiger partial charge is 0.279 e. The van der Waals surface area contributed by atoms with Crippen LogP contribution in [0.5, 0.6) is 0 Å². The van der Waals surface area contributed by atoms with Crippen molar-refractivity contribution in [2.75, 3.05) is 5.01 Å². The van der Waals surface area contributed by atoms with Crippen LogP contribution in [0.25, 0.3) is 10.2 Å². The van der Waals surface area contributed by atoms with Gasteiger partial charge in [0.25, 0.3) is 0 Å². The molecule has 5 nitrogen and oxygen atoms in total. The van der Waals surface area contributed by atoms with E-state index in [0.29, 0.717) is 0 Å². The molecule has 0 atom stereocenters. The van der Waals surface area contributed by atoms with Gasteiger partial charge in [0.05, 0.1) is 10.2 Å². The highest BCUT2D eigenvalue weighted by Gasteiger charge is 2.11. The van der Waals surface area contributed by atoms with E-state index in [1.54, 1.807) is 22.7 Å². The molecule has 80 valence electrons. The fraction of sp³-hybridized carbons (Fsp3) is 0. The van der Waals surface area contributed by atoms with E-state index in [4.69, 9.17) is 0 Å². The number of anilines is 1. The van der Waals surface area contributed by atoms with Crippen molar-refractivity contribution < 1.29 is 0 Å². The highest BCUT2D eigenvalue weighted by molar-refractivity contribution is 9.10. The SMILES string of the molecule is Brc1ccc2nc(N3C=NN=CN3)sc2c1. The van der Waals surface area contributed by atoms with Crippen LogP contribution in [0.2, 0.25) is 0 Å². The predicted octanol–water partition coefficient (Wildman–Crippen LogP) is 2.36. The van der Waals surface area contributed by atoms with Crippen LogP contribution in [0.4, 0.5) is 5.13 Å². The van der Waals surface area contributed by atoms with E-state index in [1.165, 1.54) is 6.34 Å². The van der Waals surface area contributed by atoms with Gasteiger partial charge in [0, 0.05) is 4.47 Å². The summed E-state index contributed by atoms with van der Waals surface area (Å²) in [5.41, 5.74) is 3.91. The molecular weight excluding hydrogens is 290 g/mol. The second-order valence-electron chi connectivity index (χ2n) is 3.08. The molecule has 0 fully saturated rings. The van der Waals surface area contributed by atoms with E-state index in [1.807, 2.05) is 18.2 Å². The van der Waals surface area contributed by atoms with E-state index in [2.05, 4.69) is 36.5 Å². The molecule has 0 radical (unpaired) electrons. The zero-order valence-corrected chi connectivity index (χ0v) is 10.4. The van der Waals surface area contributed by atoms with Crippen LogP contribution >= 0.6 is 27.3 Å². The fourth-order valence-electron chi connectivity index (χ4n) is 1.33. The van der Waals surface area contributed by atoms with Crippen LogP contribution in [0.3, 0.4) is 0 Å². The average Bonchev–Trinajstić information content (AvgIpc) is 2.73. The molecule has 1 aliphatic rings. The first kappa shape index (κ1) is 9.73. The first-order valence-corrected chi connectivity index (χ1v) is 6.10. The molecule has 1 aliphatic heterocycles. The van der Waals surface area contributed by atoms with Crippen molar-refractivity contribution in [3.63, 3.8) is 0 Å². The summed E-state index contributed by atoms with van der Waals surface area (Å²) in [5.74, 6) is 0. The third-order valence-electron chi connectivity index (χ3n) is 2.03. The topological polar surface area (TPSA) is 52.9 Å². The van der Waals surface area contributed by atoms with Crippen LogP contribution in [0, 0.1) is 0 Å². The number of fused-ring (bicyclic) bond motifs is 1. The number of hydrazine groups is 1. The molecule has 3 rings (SSSR count). The summed E-state index contributed by atoms with van der Waals surface area (Å²) >= 11 is 5.03. The highest BCUT2D eigenvalue weighted by Crippen LogP contribution is 2.29. The van der Waals surface area contributed by atoms with Crippen LogP contribution in [0.15, 0.2) is 32.9 Å². The zero-order chi connectivity index (χ0) is 11.0. The Hall–Kier alpha value is -1.47. The number of halogens is 1. The second-order valence-corrected chi connectivity index (χ2v) is 5.01. The number of rotatable bonds is 1. The van der Waals surface area contributed by atoms with Crippen molar-refractivity contribution in [3.05, 3.63) is 22.7 Å². The predicted molar refractivity (Wildman–Crippen MR) is 69.9 cm³/mol. The van der Waals surface area contributed by atoms with Gasteiger partial charge in [-0.05, 0) is 18.2 Å². The number of nitrogens with one attached hydrogen (secondary N) is 1. The Labute approximate surface area is 104 Å². The van der Waals surface area contributed by atoms with E-state index < -0.39 is 0 Å². The van der Waals surface area contributed by atoms with E-state index >= 15 is 0 Å². The number of benzene rings is 1. The molecule has 2 aromatic rings. The van der Waals surface area contributed by atoms with Gasteiger partial charge in [0.15, 0.2) is 0 Å². The molecule has 0 saturated carbocycles. The van der Waals surface area contributed by atoms with E-state index in [9.17, 15) is 0 Å². The molecule has 1 N–H and O–H groups in total. The number of aromatic nitrogens is 1. The van der Waals surface area contributed by atoms with Crippen LogP contribution < -0.4 is 10.4 Å². The van der Waals surface area contributed by atoms with Gasteiger partial charge >= 0.3 is 0 Å². The summed E-state index contributed by atoms with van der Waals surface area (Å²) in [5, 5.41) is 10.0. The molecule has 1 aromatic heterocycles. The third kappa shape index (κ3) is 1.68. The Morgan fingerprint density at radius 3 is 3.06 bits per heavy atom. The van der Waals surface area contributed by atoms with Gasteiger partial charge in [-0.15, -0.1) is 10.2 Å². The molecule has 2 heterocycles. The first-order valence-electron chi connectivity index (χ1n) is 4.49. The third-order valence-corrected chi connectivity index (χ3v) is 3.54. The lowest BCUT2D eigenvalue weighted by atomic mass is 10.3. The van der Waals surface area contributed by atoms with Crippen molar-refractivity contribution in [1.29, 1.82) is 0 Å². The maximum absolute atomic E-state index is 4.49. The Morgan fingerprint density at radius 1 is 1.31 bits per heavy atom. The summed E-state index contributed by atoms with van der Waals surface area (Å²) in [4.78, 5) is 4.49. The minimum atomic E-state index is 0.836. The highest BCUT2D eigenvalue weighted by atomic mass is 79.9. The van der Waals surface area contributed by atoms with Crippen molar-refractivity contribution >= 4 is 55.3 Å². The van der Waals surface area contributed by atoms with Gasteiger partial charge in [-0.3, -0.25) is 5.43 Å². The zero-order valence-electron chi connectivity index (χ0n) is 7.96. The Balaban J connectivity index is 2.05. The maximum Gasteiger partial charge on any atom is 0.211 e. The summed E-state index contributed by atoms with van der Waals surface area (Å²) in [7, 11) is 0. The van der Waals surface area contributed by atoms with Crippen molar-refractivity contribution in [3.8, 4) is 0 Å². The summed E-state index contributed by atoms with van der Waals surface area (Å²) in [6.07, 6.45) is 3.11. The lowest BCUT2D eigenvalue weighted by molar-refractivity contribution is 0.948. The minimum Gasteiger partial charge on any atom is -0.279 e. The first-order chi connectivity index (χ1) is 7.83. The van der Waals surface area contributed by atoms with E-state index in [-0.39, 0.29) is 0 Å². The van der Waals surface area contributed by atoms with Crippen molar-refractivity contribution in [1.82, 2.24) is 10.4 Å². The summed E-state index contributed by atoms with van der Waals surface area (Å²) in [6, 6.07) is 6.01. The van der Waals surface area contributed by atoms with Crippen molar-refractivity contribution in [2.24, 2.45) is 10.2 Å². The second kappa shape index (κ2) is 3.84. The molecule has 0 unspecified atom stereocenters. The lowest BCUT2D eigenvalue weighted by Crippen LogP contribution is -2.37. The van der Waals surface area contributed by atoms with E-state index in [0.717, 1.165) is 19.8 Å². The van der Waals surface area contributed by atoms with Gasteiger partial charge in [-0.25, -0.2) is 9.99 Å². The standard InChI is InChI=1S/C9H6BrN5S/c10-6-1-2-7-8(3-6)16-9(14-7)15-5-12-11-4-13-15/h1-5H,(H,11,13). The molecule has 0 aliphatic carbocycles. The average molecular weight is 296 g/mol. The monoisotopic (exact) mass is 295 g/mol. The molecular formula is C9H6BrN5S. The Bertz CT molecular complexity index is 591. The molecule has 0 spiro atoms. The number of thiazole rings is 1. The summed E-state index contributed by atoms with van der Waals surface area (Å²) < 4.78 is 2.18. The lowest BCUT2D eigenvalue weighted by Gasteiger charge is -2.15. The molecule has 0 saturated heterocycles. The minimum absolute atomic E-state index is 0.836. The van der Waals surface area contributed by atoms with Gasteiger partial charge in [-0.1, -0.05) is 27.3 Å².